The van der Waals surface area contributed by atoms with Crippen LogP contribution in [0.15, 0.2) is 176 Å². The summed E-state index contributed by atoms with van der Waals surface area (Å²) < 4.78 is 168. The highest BCUT2D eigenvalue weighted by atomic mass is 32.1. The van der Waals surface area contributed by atoms with Crippen LogP contribution in [0.25, 0.3) is 69.0 Å². The predicted molar refractivity (Wildman–Crippen MR) is 261 cm³/mol. The number of alkyl halides is 12. The molecule has 0 unspecified atom stereocenters. The highest BCUT2D eigenvalue weighted by Crippen LogP contribution is 2.48. The predicted octanol–water partition coefficient (Wildman–Crippen LogP) is 19.4. The van der Waals surface area contributed by atoms with Crippen LogP contribution in [0.1, 0.15) is 22.3 Å². The van der Waals surface area contributed by atoms with Gasteiger partial charge in [-0.15, -0.1) is 11.3 Å². The van der Waals surface area contributed by atoms with Crippen LogP contribution in [0.2, 0.25) is 0 Å². The summed E-state index contributed by atoms with van der Waals surface area (Å²) in [7, 11) is 0. The minimum atomic E-state index is -4.61. The SMILES string of the molecule is FC(F)(F)c1ccc(N(c2ccc(C(F)(F)F)cc2)c2ccc3c(c2)sc2cc4ccc5c(c4cc23)c2cccc3c4ccc(N(c6ccc(C(F)(F)F)cc6)c6ccc(C(F)(F)F)cc6)cc4n5c32)cc1. The highest BCUT2D eigenvalue weighted by Gasteiger charge is 2.34. The molecule has 3 aromatic heterocycles. The van der Waals surface area contributed by atoms with Crippen molar-refractivity contribution in [2.75, 3.05) is 9.80 Å². The average molecular weight is 1000 g/mol. The first-order chi connectivity index (χ1) is 34.2. The van der Waals surface area contributed by atoms with E-state index in [-0.39, 0.29) is 11.4 Å². The third kappa shape index (κ3) is 7.37. The molecular formula is C56H29F12N3S. The Kier molecular flexibility index (Phi) is 9.89. The number of halogens is 12. The number of benzene rings is 9. The van der Waals surface area contributed by atoms with Crippen LogP contribution in [0.3, 0.4) is 0 Å². The normalized spacial score (nSPS) is 13.0. The molecule has 0 aliphatic rings. The van der Waals surface area contributed by atoms with Crippen LogP contribution in [0.4, 0.5) is 86.8 Å². The van der Waals surface area contributed by atoms with E-state index in [2.05, 4.69) is 16.5 Å². The molecule has 0 fully saturated rings. The van der Waals surface area contributed by atoms with Crippen molar-refractivity contribution in [3.63, 3.8) is 0 Å². The third-order valence-corrected chi connectivity index (χ3v) is 14.3. The molecule has 3 nitrogen and oxygen atoms in total. The molecular weight excluding hydrogens is 975 g/mol. The van der Waals surface area contributed by atoms with Gasteiger partial charge in [0.15, 0.2) is 0 Å². The Balaban J connectivity index is 1.01. The molecule has 3 heterocycles. The fourth-order valence-electron chi connectivity index (χ4n) is 9.92. The highest BCUT2D eigenvalue weighted by molar-refractivity contribution is 7.26. The molecule has 12 rings (SSSR count). The van der Waals surface area contributed by atoms with Gasteiger partial charge in [-0.1, -0.05) is 36.4 Å². The fourth-order valence-corrected chi connectivity index (χ4v) is 11.1. The van der Waals surface area contributed by atoms with Crippen LogP contribution in [0, 0.1) is 0 Å². The molecule has 0 spiro atoms. The maximum atomic E-state index is 13.7. The van der Waals surface area contributed by atoms with Crippen molar-refractivity contribution in [3.8, 4) is 0 Å². The van der Waals surface area contributed by atoms with Gasteiger partial charge in [-0.3, -0.25) is 0 Å². The molecule has 16 heteroatoms. The minimum Gasteiger partial charge on any atom is -0.310 e. The molecule has 0 atom stereocenters. The molecule has 0 saturated heterocycles. The van der Waals surface area contributed by atoms with Gasteiger partial charge in [0, 0.05) is 75.8 Å². The monoisotopic (exact) mass is 1000 g/mol. The summed E-state index contributed by atoms with van der Waals surface area (Å²) in [5, 5.41) is 7.32. The summed E-state index contributed by atoms with van der Waals surface area (Å²) in [4.78, 5) is 3.21. The largest absolute Gasteiger partial charge is 0.416 e. The van der Waals surface area contributed by atoms with Gasteiger partial charge in [-0.2, -0.15) is 52.7 Å². The number of thiophene rings is 1. The average Bonchev–Trinajstić information content (AvgIpc) is 3.99. The Bertz CT molecular complexity index is 3960. The lowest BCUT2D eigenvalue weighted by atomic mass is 10.00. The Morgan fingerprint density at radius 2 is 0.736 bits per heavy atom. The molecule has 0 bridgehead atoms. The molecule has 358 valence electrons. The smallest absolute Gasteiger partial charge is 0.310 e. The van der Waals surface area contributed by atoms with Gasteiger partial charge in [0.2, 0.25) is 0 Å². The van der Waals surface area contributed by atoms with Crippen LogP contribution in [-0.2, 0) is 24.7 Å². The van der Waals surface area contributed by atoms with Crippen molar-refractivity contribution in [1.82, 2.24) is 4.40 Å². The second-order valence-corrected chi connectivity index (χ2v) is 18.5. The van der Waals surface area contributed by atoms with Crippen molar-refractivity contribution in [2.45, 2.75) is 24.7 Å². The number of fused-ring (bicyclic) bond motifs is 11. The van der Waals surface area contributed by atoms with Gasteiger partial charge in [0.1, 0.15) is 0 Å². The summed E-state index contributed by atoms with van der Waals surface area (Å²) in [6.45, 7) is 0. The minimum absolute atomic E-state index is 0.290. The van der Waals surface area contributed by atoms with Crippen molar-refractivity contribution in [2.24, 2.45) is 0 Å². The Morgan fingerprint density at radius 3 is 1.21 bits per heavy atom. The van der Waals surface area contributed by atoms with Gasteiger partial charge < -0.3 is 14.2 Å². The first-order valence-corrected chi connectivity index (χ1v) is 22.8. The number of rotatable bonds is 6. The number of anilines is 6. The molecule has 0 aliphatic carbocycles. The van der Waals surface area contributed by atoms with Crippen LogP contribution in [-0.4, -0.2) is 4.40 Å². The van der Waals surface area contributed by atoms with Gasteiger partial charge >= 0.3 is 24.7 Å². The summed E-state index contributed by atoms with van der Waals surface area (Å²) in [6.07, 6.45) is -18.4. The maximum absolute atomic E-state index is 13.7. The maximum Gasteiger partial charge on any atom is 0.416 e. The second-order valence-electron chi connectivity index (χ2n) is 17.4. The van der Waals surface area contributed by atoms with Crippen LogP contribution in [0.5, 0.6) is 0 Å². The standard InChI is InChI=1S/C56H29F12N3S/c57-53(58,59)31-5-13-35(14-6-31)69(36-15-7-32(8-16-36)54(60,61)62)39-21-23-41-43-2-1-3-44-51-45-29-46-42-24-22-40(28-50(42)72-49(46)26-30(45)4-25-47(51)71(52(43)44)48(41)27-39)70(37-17-9-33(10-18-37)55(63,64)65)38-19-11-34(12-20-38)56(66,67)68/h1-29H. The van der Waals surface area contributed by atoms with E-state index in [1.807, 2.05) is 54.6 Å². The van der Waals surface area contributed by atoms with Crippen molar-refractivity contribution in [3.05, 3.63) is 198 Å². The van der Waals surface area contributed by atoms with Gasteiger partial charge in [0.05, 0.1) is 38.8 Å². The van der Waals surface area contributed by atoms with Crippen LogP contribution < -0.4 is 9.80 Å². The lowest BCUT2D eigenvalue weighted by Crippen LogP contribution is -2.12. The molecule has 12 aromatic rings. The summed E-state index contributed by atoms with van der Waals surface area (Å²) in [5.74, 6) is 0. The molecule has 9 aromatic carbocycles. The number of hydrogen-bond acceptors (Lipinski definition) is 3. The number of nitrogens with zero attached hydrogens (tertiary/aromatic N) is 3. The Hall–Kier alpha value is -7.98. The lowest BCUT2D eigenvalue weighted by molar-refractivity contribution is -0.138. The van der Waals surface area contributed by atoms with E-state index >= 15 is 0 Å². The van der Waals surface area contributed by atoms with E-state index < -0.39 is 47.0 Å². The number of para-hydroxylation sites is 1. The topological polar surface area (TPSA) is 10.9 Å². The van der Waals surface area contributed by atoms with E-state index in [4.69, 9.17) is 0 Å². The Labute approximate surface area is 402 Å². The molecule has 0 saturated carbocycles. The van der Waals surface area contributed by atoms with E-state index in [1.165, 1.54) is 59.9 Å². The van der Waals surface area contributed by atoms with E-state index in [0.29, 0.717) is 22.7 Å². The summed E-state index contributed by atoms with van der Waals surface area (Å²) >= 11 is 1.49. The molecule has 0 amide bonds. The van der Waals surface area contributed by atoms with Crippen molar-refractivity contribution < 1.29 is 52.7 Å². The zero-order chi connectivity index (χ0) is 50.2. The zero-order valence-electron chi connectivity index (χ0n) is 36.5. The summed E-state index contributed by atoms with van der Waals surface area (Å²) in [5.41, 5.74) is 1.16. The van der Waals surface area contributed by atoms with Gasteiger partial charge in [-0.05, 0) is 150 Å². The van der Waals surface area contributed by atoms with E-state index in [1.54, 1.807) is 21.9 Å². The first kappa shape index (κ1) is 45.2. The number of aromatic nitrogens is 1. The van der Waals surface area contributed by atoms with Gasteiger partial charge in [-0.25, -0.2) is 0 Å². The third-order valence-electron chi connectivity index (χ3n) is 13.2. The molecule has 72 heavy (non-hydrogen) atoms. The van der Waals surface area contributed by atoms with E-state index in [0.717, 1.165) is 118 Å². The van der Waals surface area contributed by atoms with E-state index in [9.17, 15) is 52.7 Å². The quantitative estimate of drug-likeness (QED) is 0.154. The molecule has 0 N–H and O–H groups in total. The van der Waals surface area contributed by atoms with Crippen molar-refractivity contribution >= 4 is 115 Å². The summed E-state index contributed by atoms with van der Waals surface area (Å²) in [6, 6.07) is 42.9. The molecule has 0 aliphatic heterocycles. The fraction of sp³-hybridized carbons (Fsp3) is 0.0714. The van der Waals surface area contributed by atoms with Crippen molar-refractivity contribution in [1.29, 1.82) is 0 Å². The second kappa shape index (κ2) is 15.8. The molecule has 0 radical (unpaired) electrons. The zero-order valence-corrected chi connectivity index (χ0v) is 37.3. The number of hydrogen-bond donors (Lipinski definition) is 0. The Morgan fingerprint density at radius 1 is 0.319 bits per heavy atom. The van der Waals surface area contributed by atoms with Crippen LogP contribution >= 0.6 is 11.3 Å². The lowest BCUT2D eigenvalue weighted by Gasteiger charge is -2.26. The first-order valence-electron chi connectivity index (χ1n) is 22.0. The van der Waals surface area contributed by atoms with Gasteiger partial charge in [0.25, 0.3) is 0 Å².